The highest BCUT2D eigenvalue weighted by Gasteiger charge is 2.38. The second-order valence-electron chi connectivity index (χ2n) is 5.46. The number of aliphatic carboxylic acids is 1. The van der Waals surface area contributed by atoms with Crippen molar-refractivity contribution < 1.29 is 37.7 Å². The fourth-order valence-electron chi connectivity index (χ4n) is 2.01. The Balaban J connectivity index is 0.000000381. The van der Waals surface area contributed by atoms with Gasteiger partial charge in [-0.1, -0.05) is 6.07 Å². The number of ether oxygens (including phenoxy) is 2. The summed E-state index contributed by atoms with van der Waals surface area (Å²) < 4.78 is 42.4. The van der Waals surface area contributed by atoms with Crippen LogP contribution >= 0.6 is 0 Å². The highest BCUT2D eigenvalue weighted by atomic mass is 19.4. The number of carbonyl (C=O) groups is 1. The van der Waals surface area contributed by atoms with Crippen LogP contribution in [0.2, 0.25) is 0 Å². The van der Waals surface area contributed by atoms with Gasteiger partial charge in [0.2, 0.25) is 6.79 Å². The minimum atomic E-state index is -5.08. The number of aryl methyl sites for hydroxylation is 1. The Labute approximate surface area is 143 Å². The summed E-state index contributed by atoms with van der Waals surface area (Å²) in [4.78, 5) is 8.90. The van der Waals surface area contributed by atoms with Crippen LogP contribution in [-0.4, -0.2) is 48.3 Å². The van der Waals surface area contributed by atoms with Crippen molar-refractivity contribution in [1.82, 2.24) is 5.32 Å². The normalized spacial score (nSPS) is 13.8. The van der Waals surface area contributed by atoms with Gasteiger partial charge in [-0.25, -0.2) is 4.79 Å². The number of alkyl halides is 3. The molecule has 1 unspecified atom stereocenters. The molecule has 0 saturated carbocycles. The van der Waals surface area contributed by atoms with E-state index in [-0.39, 0.29) is 6.61 Å². The zero-order chi connectivity index (χ0) is 18.9. The molecule has 1 atom stereocenters. The Hall–Kier alpha value is -2.00. The number of benzene rings is 1. The van der Waals surface area contributed by atoms with Crippen molar-refractivity contribution in [3.05, 3.63) is 23.8 Å². The third-order valence-corrected chi connectivity index (χ3v) is 3.37. The Morgan fingerprint density at radius 2 is 1.96 bits per heavy atom. The minimum absolute atomic E-state index is 0.252. The highest BCUT2D eigenvalue weighted by Crippen LogP contribution is 2.32. The van der Waals surface area contributed by atoms with Crippen LogP contribution in [0.15, 0.2) is 18.2 Å². The average molecular weight is 365 g/mol. The van der Waals surface area contributed by atoms with Gasteiger partial charge < -0.3 is 25.0 Å². The third-order valence-electron chi connectivity index (χ3n) is 3.37. The zero-order valence-electron chi connectivity index (χ0n) is 13.8. The van der Waals surface area contributed by atoms with E-state index in [9.17, 15) is 13.2 Å². The van der Waals surface area contributed by atoms with Gasteiger partial charge in [0.15, 0.2) is 11.5 Å². The molecule has 1 aromatic rings. The summed E-state index contributed by atoms with van der Waals surface area (Å²) in [6.07, 6.45) is -2.18. The maximum atomic E-state index is 10.6. The van der Waals surface area contributed by atoms with Crippen LogP contribution < -0.4 is 14.8 Å². The summed E-state index contributed by atoms with van der Waals surface area (Å²) in [5.74, 6) is -1.06. The SMILES string of the molecule is CC(CCc1ccc2c(c1)OCO2)NCCCO.O=C(O)C(F)(F)F. The molecule has 0 amide bonds. The molecule has 6 nitrogen and oxygen atoms in total. The molecule has 0 bridgehead atoms. The largest absolute Gasteiger partial charge is 0.490 e. The van der Waals surface area contributed by atoms with E-state index in [0.717, 1.165) is 37.3 Å². The van der Waals surface area contributed by atoms with Crippen molar-refractivity contribution in [3.63, 3.8) is 0 Å². The second kappa shape index (κ2) is 10.1. The molecule has 0 radical (unpaired) electrons. The maximum absolute atomic E-state index is 10.6. The topological polar surface area (TPSA) is 88.0 Å². The summed E-state index contributed by atoms with van der Waals surface area (Å²) in [5, 5.41) is 19.2. The van der Waals surface area contributed by atoms with Crippen LogP contribution in [0.1, 0.15) is 25.3 Å². The number of aliphatic hydroxyl groups excluding tert-OH is 1. The van der Waals surface area contributed by atoms with Gasteiger partial charge in [-0.2, -0.15) is 13.2 Å². The summed E-state index contributed by atoms with van der Waals surface area (Å²) in [7, 11) is 0. The van der Waals surface area contributed by atoms with Crippen molar-refractivity contribution in [2.24, 2.45) is 0 Å². The summed E-state index contributed by atoms with van der Waals surface area (Å²) >= 11 is 0. The molecular formula is C16H22F3NO5. The van der Waals surface area contributed by atoms with E-state index in [1.807, 2.05) is 6.07 Å². The van der Waals surface area contributed by atoms with E-state index in [0.29, 0.717) is 12.8 Å². The number of hydrogen-bond acceptors (Lipinski definition) is 5. The Bertz CT molecular complexity index is 551. The zero-order valence-corrected chi connectivity index (χ0v) is 13.8. The first-order valence-corrected chi connectivity index (χ1v) is 7.77. The molecule has 1 aromatic carbocycles. The maximum Gasteiger partial charge on any atom is 0.490 e. The summed E-state index contributed by atoms with van der Waals surface area (Å²) in [5.41, 5.74) is 1.27. The lowest BCUT2D eigenvalue weighted by Crippen LogP contribution is -2.27. The van der Waals surface area contributed by atoms with E-state index in [1.165, 1.54) is 5.56 Å². The summed E-state index contributed by atoms with van der Waals surface area (Å²) in [6, 6.07) is 6.58. The van der Waals surface area contributed by atoms with Crippen molar-refractivity contribution >= 4 is 5.97 Å². The quantitative estimate of drug-likeness (QED) is 0.643. The molecule has 3 N–H and O–H groups in total. The molecule has 1 aliphatic heterocycles. The predicted octanol–water partition coefficient (Wildman–Crippen LogP) is 2.34. The molecule has 1 aliphatic rings. The van der Waals surface area contributed by atoms with E-state index in [2.05, 4.69) is 24.4 Å². The smallest absolute Gasteiger partial charge is 0.475 e. The van der Waals surface area contributed by atoms with Crippen LogP contribution in [0.25, 0.3) is 0 Å². The Morgan fingerprint density at radius 3 is 2.56 bits per heavy atom. The molecule has 0 fully saturated rings. The number of nitrogens with one attached hydrogen (secondary N) is 1. The highest BCUT2D eigenvalue weighted by molar-refractivity contribution is 5.73. The molecule has 0 aromatic heterocycles. The summed E-state index contributed by atoms with van der Waals surface area (Å²) in [6.45, 7) is 3.63. The first-order chi connectivity index (χ1) is 11.7. The van der Waals surface area contributed by atoms with Crippen LogP contribution in [0.4, 0.5) is 13.2 Å². The van der Waals surface area contributed by atoms with Gasteiger partial charge in [0, 0.05) is 12.6 Å². The van der Waals surface area contributed by atoms with Gasteiger partial charge in [-0.3, -0.25) is 0 Å². The molecule has 0 saturated heterocycles. The monoisotopic (exact) mass is 365 g/mol. The van der Waals surface area contributed by atoms with Crippen molar-refractivity contribution in [3.8, 4) is 11.5 Å². The minimum Gasteiger partial charge on any atom is -0.475 e. The van der Waals surface area contributed by atoms with E-state index in [4.69, 9.17) is 24.5 Å². The van der Waals surface area contributed by atoms with Gasteiger partial charge in [-0.05, 0) is 50.4 Å². The van der Waals surface area contributed by atoms with Crippen LogP contribution in [0.3, 0.4) is 0 Å². The second-order valence-corrected chi connectivity index (χ2v) is 5.46. The van der Waals surface area contributed by atoms with Gasteiger partial charge >= 0.3 is 12.1 Å². The molecule has 9 heteroatoms. The lowest BCUT2D eigenvalue weighted by molar-refractivity contribution is -0.192. The molecule has 2 rings (SSSR count). The Morgan fingerprint density at radius 1 is 1.32 bits per heavy atom. The van der Waals surface area contributed by atoms with Gasteiger partial charge in [0.1, 0.15) is 0 Å². The van der Waals surface area contributed by atoms with Crippen molar-refractivity contribution in [2.75, 3.05) is 19.9 Å². The number of carboxylic acid groups (broad SMARTS) is 1. The number of carboxylic acids is 1. The van der Waals surface area contributed by atoms with Crippen LogP contribution in [0, 0.1) is 0 Å². The molecule has 1 heterocycles. The molecule has 0 spiro atoms. The fraction of sp³-hybridized carbons (Fsp3) is 0.562. The average Bonchev–Trinajstić information content (AvgIpc) is 3.00. The first kappa shape index (κ1) is 21.0. The third kappa shape index (κ3) is 8.08. The number of aliphatic hydroxyl groups is 1. The fourth-order valence-corrected chi connectivity index (χ4v) is 2.01. The van der Waals surface area contributed by atoms with Crippen LogP contribution in [-0.2, 0) is 11.2 Å². The molecular weight excluding hydrogens is 343 g/mol. The first-order valence-electron chi connectivity index (χ1n) is 7.77. The molecule has 0 aliphatic carbocycles. The van der Waals surface area contributed by atoms with Crippen LogP contribution in [0.5, 0.6) is 11.5 Å². The standard InChI is InChI=1S/C14H21NO3.C2HF3O2/c1-11(15-7-2-8-16)3-4-12-5-6-13-14(9-12)18-10-17-13;3-2(4,5)1(6)7/h5-6,9,11,15-16H,2-4,7-8,10H2,1H3;(H,6,7). The number of halogens is 3. The van der Waals surface area contributed by atoms with E-state index >= 15 is 0 Å². The lowest BCUT2D eigenvalue weighted by Gasteiger charge is -2.13. The van der Waals surface area contributed by atoms with E-state index < -0.39 is 12.1 Å². The Kier molecular flexibility index (Phi) is 8.50. The van der Waals surface area contributed by atoms with E-state index in [1.54, 1.807) is 0 Å². The predicted molar refractivity (Wildman–Crippen MR) is 83.7 cm³/mol. The number of hydrogen-bond donors (Lipinski definition) is 3. The van der Waals surface area contributed by atoms with Crippen molar-refractivity contribution in [2.45, 2.75) is 38.4 Å². The van der Waals surface area contributed by atoms with Gasteiger partial charge in [0.05, 0.1) is 0 Å². The van der Waals surface area contributed by atoms with Crippen molar-refractivity contribution in [1.29, 1.82) is 0 Å². The lowest BCUT2D eigenvalue weighted by atomic mass is 10.1. The van der Waals surface area contributed by atoms with Gasteiger partial charge in [0.25, 0.3) is 0 Å². The number of fused-ring (bicyclic) bond motifs is 1. The van der Waals surface area contributed by atoms with Gasteiger partial charge in [-0.15, -0.1) is 0 Å². The molecule has 25 heavy (non-hydrogen) atoms. The molecule has 142 valence electrons. The number of rotatable bonds is 7.